The second kappa shape index (κ2) is 7.72. The van der Waals surface area contributed by atoms with Crippen LogP contribution in [0, 0.1) is 0 Å². The number of cyclic esters (lactones) is 1. The van der Waals surface area contributed by atoms with Gasteiger partial charge in [-0.25, -0.2) is 4.79 Å². The molecule has 1 heterocycles. The molecule has 2 amide bonds. The largest absolute Gasteiger partial charge is 0.496 e. The van der Waals surface area contributed by atoms with Crippen LogP contribution in [0.3, 0.4) is 0 Å². The third-order valence-corrected chi connectivity index (χ3v) is 5.49. The van der Waals surface area contributed by atoms with E-state index in [1.54, 1.807) is 7.11 Å². The van der Waals surface area contributed by atoms with Crippen LogP contribution in [-0.2, 0) is 22.4 Å². The summed E-state index contributed by atoms with van der Waals surface area (Å²) < 4.78 is 10.4. The van der Waals surface area contributed by atoms with E-state index < -0.39 is 6.09 Å². The Bertz CT molecular complexity index is 931. The summed E-state index contributed by atoms with van der Waals surface area (Å²) in [5, 5.41) is 6.45. The minimum atomic E-state index is -0.397. The van der Waals surface area contributed by atoms with Gasteiger partial charge in [0.2, 0.25) is 5.91 Å². The number of carbonyl (C=O) groups is 2. The van der Waals surface area contributed by atoms with Gasteiger partial charge in [0.05, 0.1) is 19.1 Å². The van der Waals surface area contributed by atoms with Crippen molar-refractivity contribution in [2.45, 2.75) is 31.2 Å². The topological polar surface area (TPSA) is 76.7 Å². The maximum atomic E-state index is 12.8. The smallest absolute Gasteiger partial charge is 0.407 e. The summed E-state index contributed by atoms with van der Waals surface area (Å²) in [5.41, 5.74) is 3.81. The van der Waals surface area contributed by atoms with Gasteiger partial charge in [0.1, 0.15) is 12.4 Å². The third kappa shape index (κ3) is 3.78. The summed E-state index contributed by atoms with van der Waals surface area (Å²) in [6.45, 7) is 0.339. The number of anilines is 1. The van der Waals surface area contributed by atoms with Gasteiger partial charge in [0.15, 0.2) is 0 Å². The Kier molecular flexibility index (Phi) is 5.13. The fourth-order valence-corrected chi connectivity index (χ4v) is 4.08. The molecule has 0 bridgehead atoms. The lowest BCUT2D eigenvalue weighted by molar-refractivity contribution is -0.117. The van der Waals surface area contributed by atoms with Gasteiger partial charge in [-0.1, -0.05) is 23.7 Å². The molecule has 0 radical (unpaired) electrons. The van der Waals surface area contributed by atoms with E-state index in [4.69, 9.17) is 21.1 Å². The zero-order valence-electron chi connectivity index (χ0n) is 15.5. The van der Waals surface area contributed by atoms with E-state index in [1.165, 1.54) is 0 Å². The second-order valence-corrected chi connectivity index (χ2v) is 7.53. The first kappa shape index (κ1) is 18.6. The van der Waals surface area contributed by atoms with Gasteiger partial charge in [0, 0.05) is 16.8 Å². The number of aryl methyl sites for hydroxylation is 1. The van der Waals surface area contributed by atoms with Crippen LogP contribution in [0.25, 0.3) is 0 Å². The van der Waals surface area contributed by atoms with Gasteiger partial charge in [0.25, 0.3) is 0 Å². The Balaban J connectivity index is 1.46. The molecule has 4 rings (SSSR count). The number of amides is 2. The Morgan fingerprint density at radius 2 is 2.18 bits per heavy atom. The number of ether oxygens (including phenoxy) is 2. The van der Waals surface area contributed by atoms with Crippen LogP contribution in [-0.4, -0.2) is 31.8 Å². The molecule has 0 aromatic heterocycles. The van der Waals surface area contributed by atoms with Crippen LogP contribution in [0.2, 0.25) is 5.02 Å². The number of benzene rings is 2. The number of carbonyl (C=O) groups excluding carboxylic acids is 2. The van der Waals surface area contributed by atoms with Crippen molar-refractivity contribution in [2.75, 3.05) is 19.0 Å². The molecule has 146 valence electrons. The highest BCUT2D eigenvalue weighted by atomic mass is 35.5. The molecule has 1 fully saturated rings. The van der Waals surface area contributed by atoms with Crippen molar-refractivity contribution in [3.05, 3.63) is 58.1 Å². The molecule has 1 aliphatic heterocycles. The lowest BCUT2D eigenvalue weighted by Gasteiger charge is -2.16. The maximum Gasteiger partial charge on any atom is 0.407 e. The molecular weight excluding hydrogens is 380 g/mol. The summed E-state index contributed by atoms with van der Waals surface area (Å²) in [6, 6.07) is 11.2. The molecule has 2 N–H and O–H groups in total. The number of halogens is 1. The summed E-state index contributed by atoms with van der Waals surface area (Å²) in [4.78, 5) is 24.0. The average Bonchev–Trinajstić information content (AvgIpc) is 3.28. The highest BCUT2D eigenvalue weighted by Crippen LogP contribution is 2.36. The van der Waals surface area contributed by atoms with Gasteiger partial charge in [-0.15, -0.1) is 0 Å². The minimum Gasteiger partial charge on any atom is -0.496 e. The Morgan fingerprint density at radius 1 is 1.32 bits per heavy atom. The first-order valence-corrected chi connectivity index (χ1v) is 9.60. The van der Waals surface area contributed by atoms with Crippen LogP contribution in [0.4, 0.5) is 10.5 Å². The van der Waals surface area contributed by atoms with Gasteiger partial charge in [-0.05, 0) is 54.2 Å². The molecule has 2 aliphatic rings. The molecule has 2 aromatic carbocycles. The van der Waals surface area contributed by atoms with E-state index >= 15 is 0 Å². The van der Waals surface area contributed by atoms with Crippen molar-refractivity contribution in [3.63, 3.8) is 0 Å². The molecule has 2 atom stereocenters. The van der Waals surface area contributed by atoms with Crippen molar-refractivity contribution in [1.82, 2.24) is 5.32 Å². The lowest BCUT2D eigenvalue weighted by Crippen LogP contribution is -2.28. The van der Waals surface area contributed by atoms with Gasteiger partial charge in [-0.2, -0.15) is 0 Å². The summed E-state index contributed by atoms with van der Waals surface area (Å²) in [5.74, 6) is 0.452. The third-order valence-electron chi connectivity index (χ3n) is 5.26. The quantitative estimate of drug-likeness (QED) is 0.802. The van der Waals surface area contributed by atoms with Crippen molar-refractivity contribution in [1.29, 1.82) is 0 Å². The first-order valence-electron chi connectivity index (χ1n) is 9.23. The molecule has 6 nitrogen and oxygen atoms in total. The van der Waals surface area contributed by atoms with E-state index in [0.29, 0.717) is 29.5 Å². The number of hydrogen-bond donors (Lipinski definition) is 2. The van der Waals surface area contributed by atoms with Crippen molar-refractivity contribution < 1.29 is 19.1 Å². The molecule has 0 saturated carbocycles. The number of alkyl carbamates (subject to hydrolysis) is 1. The Labute approximate surface area is 168 Å². The van der Waals surface area contributed by atoms with Gasteiger partial charge >= 0.3 is 6.09 Å². The highest BCUT2D eigenvalue weighted by Gasteiger charge is 2.29. The summed E-state index contributed by atoms with van der Waals surface area (Å²) in [6.07, 6.45) is 1.83. The van der Waals surface area contributed by atoms with Crippen molar-refractivity contribution in [3.8, 4) is 5.75 Å². The zero-order chi connectivity index (χ0) is 19.7. The Hall–Kier alpha value is -2.73. The normalized spacial score (nSPS) is 20.3. The van der Waals surface area contributed by atoms with Crippen LogP contribution in [0.15, 0.2) is 36.4 Å². The monoisotopic (exact) mass is 400 g/mol. The standard InChI is InChI=1S/C21H21ClN2O4/c1-27-19-10-15(5-2-13(19)9-16-11-28-21(26)24-16)23-20(25)18-6-3-12-8-14(22)4-7-17(12)18/h2,4-5,7-8,10,16,18H,3,6,9,11H2,1H3,(H,23,25)(H,24,26)/t16-,18?/m0/s1. The second-order valence-electron chi connectivity index (χ2n) is 7.09. The number of methoxy groups -OCH3 is 1. The number of fused-ring (bicyclic) bond motifs is 1. The van der Waals surface area contributed by atoms with Gasteiger partial charge in [-0.3, -0.25) is 4.79 Å². The number of rotatable bonds is 5. The molecule has 7 heteroatoms. The molecule has 28 heavy (non-hydrogen) atoms. The van der Waals surface area contributed by atoms with Crippen molar-refractivity contribution >= 4 is 29.3 Å². The summed E-state index contributed by atoms with van der Waals surface area (Å²) in [7, 11) is 1.59. The first-order chi connectivity index (χ1) is 13.5. The van der Waals surface area contributed by atoms with Crippen molar-refractivity contribution in [2.24, 2.45) is 0 Å². The highest BCUT2D eigenvalue weighted by molar-refractivity contribution is 6.30. The van der Waals surface area contributed by atoms with Gasteiger partial charge < -0.3 is 20.1 Å². The van der Waals surface area contributed by atoms with Crippen LogP contribution in [0.1, 0.15) is 29.0 Å². The van der Waals surface area contributed by atoms with Crippen LogP contribution < -0.4 is 15.4 Å². The van der Waals surface area contributed by atoms with Crippen LogP contribution in [0.5, 0.6) is 5.75 Å². The maximum absolute atomic E-state index is 12.8. The predicted molar refractivity (Wildman–Crippen MR) is 106 cm³/mol. The molecule has 2 aromatic rings. The fourth-order valence-electron chi connectivity index (χ4n) is 3.88. The average molecular weight is 401 g/mol. The number of nitrogens with one attached hydrogen (secondary N) is 2. The Morgan fingerprint density at radius 3 is 2.93 bits per heavy atom. The molecule has 1 unspecified atom stereocenters. The van der Waals surface area contributed by atoms with E-state index in [-0.39, 0.29) is 17.9 Å². The molecule has 1 aliphatic carbocycles. The number of hydrogen-bond acceptors (Lipinski definition) is 4. The minimum absolute atomic E-state index is 0.0349. The van der Waals surface area contributed by atoms with E-state index in [2.05, 4.69) is 10.6 Å². The predicted octanol–water partition coefficient (Wildman–Crippen LogP) is 3.67. The SMILES string of the molecule is COc1cc(NC(=O)C2CCc3cc(Cl)ccc32)ccc1C[C@H]1COC(=O)N1. The lowest BCUT2D eigenvalue weighted by atomic mass is 10.00. The zero-order valence-corrected chi connectivity index (χ0v) is 16.2. The fraction of sp³-hybridized carbons (Fsp3) is 0.333. The van der Waals surface area contributed by atoms with Crippen LogP contribution >= 0.6 is 11.6 Å². The molecule has 1 saturated heterocycles. The van der Waals surface area contributed by atoms with E-state index in [1.807, 2.05) is 36.4 Å². The van der Waals surface area contributed by atoms with E-state index in [0.717, 1.165) is 29.5 Å². The van der Waals surface area contributed by atoms with E-state index in [9.17, 15) is 9.59 Å². The molecular formula is C21H21ClN2O4. The molecule has 0 spiro atoms. The summed E-state index contributed by atoms with van der Waals surface area (Å²) >= 11 is 6.05.